The number of anilines is 1. The number of rotatable bonds is 3. The van der Waals surface area contributed by atoms with Gasteiger partial charge in [0.25, 0.3) is 5.88 Å². The van der Waals surface area contributed by atoms with Gasteiger partial charge in [0.05, 0.1) is 11.1 Å². The van der Waals surface area contributed by atoms with E-state index in [1.807, 2.05) is 0 Å². The van der Waals surface area contributed by atoms with Gasteiger partial charge in [-0.05, 0) is 18.2 Å². The number of aromatic nitrogens is 2. The van der Waals surface area contributed by atoms with Crippen LogP contribution in [0.3, 0.4) is 0 Å². The van der Waals surface area contributed by atoms with Gasteiger partial charge in [0.2, 0.25) is 0 Å². The molecule has 96 valence electrons. The van der Waals surface area contributed by atoms with Gasteiger partial charge in [-0.3, -0.25) is 4.68 Å². The Hall–Kier alpha value is -2.02. The maximum atomic E-state index is 11.4. The lowest BCUT2D eigenvalue weighted by molar-refractivity contribution is 0.454. The summed E-state index contributed by atoms with van der Waals surface area (Å²) < 4.78 is 29.8. The zero-order chi connectivity index (χ0) is 13.3. The van der Waals surface area contributed by atoms with E-state index in [1.54, 1.807) is 25.4 Å². The van der Waals surface area contributed by atoms with Gasteiger partial charge in [0.1, 0.15) is 11.4 Å². The Morgan fingerprint density at radius 3 is 2.67 bits per heavy atom. The maximum Gasteiger partial charge on any atom is 0.261 e. The van der Waals surface area contributed by atoms with Crippen molar-refractivity contribution in [3.63, 3.8) is 0 Å². The van der Waals surface area contributed by atoms with Gasteiger partial charge in [0, 0.05) is 13.3 Å². The summed E-state index contributed by atoms with van der Waals surface area (Å²) in [6.45, 7) is 0. The van der Waals surface area contributed by atoms with Crippen molar-refractivity contribution < 1.29 is 13.2 Å². The molecule has 1 heterocycles. The first-order chi connectivity index (χ1) is 8.36. The van der Waals surface area contributed by atoms with Gasteiger partial charge in [-0.1, -0.05) is 6.07 Å². The standard InChI is InChI=1S/C11H13N3O3S/c1-14-7-10(12)11(13-14)17-8-4-3-5-9(6-8)18(2,15)16/h3-7H,12H2,1-2H3. The summed E-state index contributed by atoms with van der Waals surface area (Å²) >= 11 is 0. The van der Waals surface area contributed by atoms with Crippen molar-refractivity contribution >= 4 is 15.5 Å². The zero-order valence-corrected chi connectivity index (χ0v) is 10.8. The summed E-state index contributed by atoms with van der Waals surface area (Å²) in [6.07, 6.45) is 2.75. The SMILES string of the molecule is Cn1cc(N)c(Oc2cccc(S(C)(=O)=O)c2)n1. The van der Waals surface area contributed by atoms with Crippen molar-refractivity contribution in [3.05, 3.63) is 30.5 Å². The largest absolute Gasteiger partial charge is 0.436 e. The monoisotopic (exact) mass is 267 g/mol. The van der Waals surface area contributed by atoms with E-state index in [9.17, 15) is 8.42 Å². The molecule has 7 heteroatoms. The van der Waals surface area contributed by atoms with E-state index < -0.39 is 9.84 Å². The van der Waals surface area contributed by atoms with Crippen LogP contribution in [0.2, 0.25) is 0 Å². The van der Waals surface area contributed by atoms with Gasteiger partial charge in [-0.25, -0.2) is 8.42 Å². The molecule has 0 saturated carbocycles. The van der Waals surface area contributed by atoms with E-state index >= 15 is 0 Å². The summed E-state index contributed by atoms with van der Waals surface area (Å²) in [7, 11) is -1.54. The van der Waals surface area contributed by atoms with Crippen LogP contribution in [0.1, 0.15) is 0 Å². The first-order valence-electron chi connectivity index (χ1n) is 5.13. The fourth-order valence-electron chi connectivity index (χ4n) is 1.45. The van der Waals surface area contributed by atoms with Gasteiger partial charge < -0.3 is 10.5 Å². The summed E-state index contributed by atoms with van der Waals surface area (Å²) in [5.74, 6) is 0.631. The Bertz CT molecular complexity index is 677. The summed E-state index contributed by atoms with van der Waals surface area (Å²) in [6, 6.07) is 6.18. The van der Waals surface area contributed by atoms with Crippen LogP contribution in [0.4, 0.5) is 5.69 Å². The third kappa shape index (κ3) is 2.62. The zero-order valence-electron chi connectivity index (χ0n) is 9.99. The van der Waals surface area contributed by atoms with E-state index in [0.717, 1.165) is 6.26 Å². The Balaban J connectivity index is 2.33. The molecule has 0 spiro atoms. The average Bonchev–Trinajstić information content (AvgIpc) is 2.56. The van der Waals surface area contributed by atoms with Crippen molar-refractivity contribution in [2.75, 3.05) is 12.0 Å². The summed E-state index contributed by atoms with van der Waals surface area (Å²) in [5, 5.41) is 4.02. The number of nitrogens with zero attached hydrogens (tertiary/aromatic N) is 2. The number of nitrogens with two attached hydrogens (primary N) is 1. The van der Waals surface area contributed by atoms with Crippen molar-refractivity contribution in [1.29, 1.82) is 0 Å². The fraction of sp³-hybridized carbons (Fsp3) is 0.182. The maximum absolute atomic E-state index is 11.4. The molecule has 2 aromatic rings. The second-order valence-corrected chi connectivity index (χ2v) is 5.93. The molecular weight excluding hydrogens is 254 g/mol. The second-order valence-electron chi connectivity index (χ2n) is 3.91. The van der Waals surface area contributed by atoms with Crippen molar-refractivity contribution in [1.82, 2.24) is 9.78 Å². The molecule has 18 heavy (non-hydrogen) atoms. The number of benzene rings is 1. The minimum absolute atomic E-state index is 0.189. The van der Waals surface area contributed by atoms with Crippen LogP contribution in [0.5, 0.6) is 11.6 Å². The second kappa shape index (κ2) is 4.34. The molecule has 0 fully saturated rings. The predicted molar refractivity (Wildman–Crippen MR) is 67.2 cm³/mol. The van der Waals surface area contributed by atoms with E-state index in [0.29, 0.717) is 11.4 Å². The summed E-state index contributed by atoms with van der Waals surface area (Å²) in [5.41, 5.74) is 6.08. The van der Waals surface area contributed by atoms with Crippen molar-refractivity contribution in [3.8, 4) is 11.6 Å². The van der Waals surface area contributed by atoms with E-state index in [1.165, 1.54) is 16.8 Å². The lowest BCUT2D eigenvalue weighted by atomic mass is 10.3. The molecule has 0 atom stereocenters. The quantitative estimate of drug-likeness (QED) is 0.902. The number of nitrogen functional groups attached to an aromatic ring is 1. The van der Waals surface area contributed by atoms with Gasteiger partial charge in [-0.15, -0.1) is 5.10 Å². The summed E-state index contributed by atoms with van der Waals surface area (Å²) in [4.78, 5) is 0.189. The highest BCUT2D eigenvalue weighted by molar-refractivity contribution is 7.90. The molecule has 6 nitrogen and oxygen atoms in total. The minimum atomic E-state index is -3.26. The van der Waals surface area contributed by atoms with E-state index in [-0.39, 0.29) is 10.8 Å². The van der Waals surface area contributed by atoms with Crippen LogP contribution in [0.25, 0.3) is 0 Å². The highest BCUT2D eigenvalue weighted by Crippen LogP contribution is 2.26. The molecule has 0 bridgehead atoms. The van der Waals surface area contributed by atoms with Crippen LogP contribution in [0, 0.1) is 0 Å². The minimum Gasteiger partial charge on any atom is -0.436 e. The van der Waals surface area contributed by atoms with Crippen LogP contribution >= 0.6 is 0 Å². The van der Waals surface area contributed by atoms with Gasteiger partial charge in [-0.2, -0.15) is 0 Å². The molecule has 0 saturated heterocycles. The molecule has 0 aliphatic carbocycles. The van der Waals surface area contributed by atoms with Gasteiger partial charge >= 0.3 is 0 Å². The normalized spacial score (nSPS) is 11.4. The smallest absolute Gasteiger partial charge is 0.261 e. The fourth-order valence-corrected chi connectivity index (χ4v) is 2.10. The number of ether oxygens (including phenoxy) is 1. The molecular formula is C11H13N3O3S. The first kappa shape index (κ1) is 12.4. The Morgan fingerprint density at radius 2 is 2.11 bits per heavy atom. The first-order valence-corrected chi connectivity index (χ1v) is 7.02. The number of aryl methyl sites for hydroxylation is 1. The lowest BCUT2D eigenvalue weighted by Crippen LogP contribution is -1.97. The van der Waals surface area contributed by atoms with Crippen LogP contribution in [-0.2, 0) is 16.9 Å². The van der Waals surface area contributed by atoms with Crippen molar-refractivity contribution in [2.45, 2.75) is 4.90 Å². The Kier molecular flexibility index (Phi) is 3.00. The van der Waals surface area contributed by atoms with E-state index in [2.05, 4.69) is 5.10 Å². The highest BCUT2D eigenvalue weighted by atomic mass is 32.2. The average molecular weight is 267 g/mol. The molecule has 1 aromatic carbocycles. The molecule has 2 N–H and O–H groups in total. The van der Waals surface area contributed by atoms with Crippen molar-refractivity contribution in [2.24, 2.45) is 7.05 Å². The Morgan fingerprint density at radius 1 is 1.39 bits per heavy atom. The molecule has 1 aromatic heterocycles. The Labute approximate surface area is 105 Å². The lowest BCUT2D eigenvalue weighted by Gasteiger charge is -2.04. The predicted octanol–water partition coefficient (Wildman–Crippen LogP) is 1.20. The molecule has 0 amide bonds. The van der Waals surface area contributed by atoms with E-state index in [4.69, 9.17) is 10.5 Å². The highest BCUT2D eigenvalue weighted by Gasteiger charge is 2.10. The number of hydrogen-bond acceptors (Lipinski definition) is 5. The van der Waals surface area contributed by atoms with Gasteiger partial charge in [0.15, 0.2) is 9.84 Å². The molecule has 0 aliphatic rings. The number of sulfone groups is 1. The van der Waals surface area contributed by atoms with Crippen LogP contribution < -0.4 is 10.5 Å². The topological polar surface area (TPSA) is 87.2 Å². The van der Waals surface area contributed by atoms with Crippen LogP contribution in [0.15, 0.2) is 35.4 Å². The molecule has 0 radical (unpaired) electrons. The molecule has 2 rings (SSSR count). The third-order valence-electron chi connectivity index (χ3n) is 2.27. The number of hydrogen-bond donors (Lipinski definition) is 1. The van der Waals surface area contributed by atoms with Crippen LogP contribution in [-0.4, -0.2) is 24.5 Å². The third-order valence-corrected chi connectivity index (χ3v) is 3.38. The molecule has 0 aliphatic heterocycles. The molecule has 0 unspecified atom stereocenters.